The lowest BCUT2D eigenvalue weighted by Gasteiger charge is -2.14. The van der Waals surface area contributed by atoms with Gasteiger partial charge in [0.05, 0.1) is 21.3 Å². The van der Waals surface area contributed by atoms with Gasteiger partial charge < -0.3 is 25.3 Å². The molecule has 0 aliphatic heterocycles. The number of amides is 1. The van der Waals surface area contributed by atoms with E-state index in [2.05, 4.69) is 5.32 Å². The van der Waals surface area contributed by atoms with E-state index < -0.39 is 0 Å². The predicted molar refractivity (Wildman–Crippen MR) is 80.9 cm³/mol. The molecule has 0 spiro atoms. The van der Waals surface area contributed by atoms with E-state index in [1.807, 2.05) is 12.1 Å². The second-order valence-electron chi connectivity index (χ2n) is 4.56. The topological polar surface area (TPSA) is 82.8 Å². The summed E-state index contributed by atoms with van der Waals surface area (Å²) >= 11 is 0. The number of nitrogens with two attached hydrogens (primary N) is 1. The van der Waals surface area contributed by atoms with Crippen LogP contribution in [0.25, 0.3) is 0 Å². The van der Waals surface area contributed by atoms with Gasteiger partial charge >= 0.3 is 0 Å². The van der Waals surface area contributed by atoms with Gasteiger partial charge in [0.25, 0.3) is 0 Å². The molecule has 1 aromatic rings. The number of hydrogen-bond acceptors (Lipinski definition) is 5. The summed E-state index contributed by atoms with van der Waals surface area (Å²) in [6.07, 6.45) is 2.15. The van der Waals surface area contributed by atoms with Crippen LogP contribution in [-0.2, 0) is 11.3 Å². The van der Waals surface area contributed by atoms with Crippen molar-refractivity contribution in [1.29, 1.82) is 0 Å². The molecule has 3 N–H and O–H groups in total. The maximum Gasteiger partial charge on any atom is 0.220 e. The second-order valence-corrected chi connectivity index (χ2v) is 4.56. The normalized spacial score (nSPS) is 10.1. The third-order valence-electron chi connectivity index (χ3n) is 3.07. The van der Waals surface area contributed by atoms with Crippen molar-refractivity contribution in [3.05, 3.63) is 17.7 Å². The lowest BCUT2D eigenvalue weighted by Crippen LogP contribution is -2.22. The lowest BCUT2D eigenvalue weighted by molar-refractivity contribution is -0.121. The summed E-state index contributed by atoms with van der Waals surface area (Å²) in [6, 6.07) is 3.64. The van der Waals surface area contributed by atoms with Crippen molar-refractivity contribution in [2.45, 2.75) is 25.8 Å². The van der Waals surface area contributed by atoms with Crippen LogP contribution in [0, 0.1) is 0 Å². The minimum absolute atomic E-state index is 0.0113. The lowest BCUT2D eigenvalue weighted by atomic mass is 10.1. The third-order valence-corrected chi connectivity index (χ3v) is 3.07. The Balaban J connectivity index is 2.69. The Morgan fingerprint density at radius 3 is 2.19 bits per heavy atom. The van der Waals surface area contributed by atoms with Crippen LogP contribution in [0.1, 0.15) is 24.8 Å². The van der Waals surface area contributed by atoms with Crippen LogP contribution in [-0.4, -0.2) is 33.8 Å². The van der Waals surface area contributed by atoms with Crippen molar-refractivity contribution in [2.75, 3.05) is 27.9 Å². The first kappa shape index (κ1) is 17.1. The van der Waals surface area contributed by atoms with E-state index in [0.29, 0.717) is 36.8 Å². The van der Waals surface area contributed by atoms with Gasteiger partial charge in [-0.3, -0.25) is 4.79 Å². The Kier molecular flexibility index (Phi) is 7.39. The Hall–Kier alpha value is -1.95. The highest BCUT2D eigenvalue weighted by Crippen LogP contribution is 2.38. The van der Waals surface area contributed by atoms with E-state index in [4.69, 9.17) is 19.9 Å². The standard InChI is InChI=1S/C15H24N2O4/c1-19-12-8-11(9-13(20-2)15(12)21-3)10-17-14(18)6-4-5-7-16/h8-9H,4-7,10,16H2,1-3H3,(H,17,18). The SMILES string of the molecule is COc1cc(CNC(=O)CCCCN)cc(OC)c1OC. The maximum atomic E-state index is 11.7. The molecule has 0 bridgehead atoms. The van der Waals surface area contributed by atoms with E-state index in [0.717, 1.165) is 18.4 Å². The molecule has 1 aromatic carbocycles. The number of unbranched alkanes of at least 4 members (excludes halogenated alkanes) is 1. The number of hydrogen-bond donors (Lipinski definition) is 2. The molecule has 6 heteroatoms. The molecule has 0 atom stereocenters. The molecule has 0 heterocycles. The molecular formula is C15H24N2O4. The van der Waals surface area contributed by atoms with Gasteiger partial charge in [-0.25, -0.2) is 0 Å². The third kappa shape index (κ3) is 5.15. The molecule has 0 aliphatic rings. The van der Waals surface area contributed by atoms with E-state index in [1.54, 1.807) is 21.3 Å². The van der Waals surface area contributed by atoms with Gasteiger partial charge in [-0.1, -0.05) is 0 Å². The van der Waals surface area contributed by atoms with Crippen LogP contribution in [0.5, 0.6) is 17.2 Å². The van der Waals surface area contributed by atoms with Gasteiger partial charge in [0, 0.05) is 13.0 Å². The molecule has 0 saturated carbocycles. The van der Waals surface area contributed by atoms with Crippen LogP contribution in [0.2, 0.25) is 0 Å². The van der Waals surface area contributed by atoms with Gasteiger partial charge in [-0.15, -0.1) is 0 Å². The molecule has 1 rings (SSSR count). The fourth-order valence-corrected chi connectivity index (χ4v) is 1.96. The fraction of sp³-hybridized carbons (Fsp3) is 0.533. The molecule has 1 amide bonds. The highest BCUT2D eigenvalue weighted by molar-refractivity contribution is 5.75. The number of benzene rings is 1. The summed E-state index contributed by atoms with van der Waals surface area (Å²) in [5.41, 5.74) is 6.29. The molecule has 21 heavy (non-hydrogen) atoms. The van der Waals surface area contributed by atoms with Crippen LogP contribution in [0.15, 0.2) is 12.1 Å². The molecule has 0 aromatic heterocycles. The number of ether oxygens (including phenoxy) is 3. The summed E-state index contributed by atoms with van der Waals surface area (Å²) < 4.78 is 15.8. The van der Waals surface area contributed by atoms with Crippen LogP contribution in [0.3, 0.4) is 0 Å². The monoisotopic (exact) mass is 296 g/mol. The molecule has 118 valence electrons. The first-order chi connectivity index (χ1) is 10.2. The number of carbonyl (C=O) groups is 1. The average Bonchev–Trinajstić information content (AvgIpc) is 2.51. The van der Waals surface area contributed by atoms with Crippen molar-refractivity contribution in [3.8, 4) is 17.2 Å². The molecule has 0 unspecified atom stereocenters. The minimum atomic E-state index is 0.0113. The number of methoxy groups -OCH3 is 3. The molecule has 0 fully saturated rings. The summed E-state index contributed by atoms with van der Waals surface area (Å²) in [4.78, 5) is 11.7. The summed E-state index contributed by atoms with van der Waals surface area (Å²) in [7, 11) is 4.68. The summed E-state index contributed by atoms with van der Waals surface area (Å²) in [5, 5.41) is 2.87. The van der Waals surface area contributed by atoms with Gasteiger partial charge in [-0.05, 0) is 37.1 Å². The number of rotatable bonds is 9. The first-order valence-corrected chi connectivity index (χ1v) is 6.91. The maximum absolute atomic E-state index is 11.7. The largest absolute Gasteiger partial charge is 0.493 e. The van der Waals surface area contributed by atoms with Gasteiger partial charge in [-0.2, -0.15) is 0 Å². The molecule has 0 saturated heterocycles. The summed E-state index contributed by atoms with van der Waals surface area (Å²) in [6.45, 7) is 1.03. The van der Waals surface area contributed by atoms with Crippen molar-refractivity contribution < 1.29 is 19.0 Å². The fourth-order valence-electron chi connectivity index (χ4n) is 1.96. The zero-order valence-corrected chi connectivity index (χ0v) is 12.9. The van der Waals surface area contributed by atoms with Crippen molar-refractivity contribution in [1.82, 2.24) is 5.32 Å². The quantitative estimate of drug-likeness (QED) is 0.674. The van der Waals surface area contributed by atoms with Crippen LogP contribution < -0.4 is 25.3 Å². The average molecular weight is 296 g/mol. The van der Waals surface area contributed by atoms with Crippen molar-refractivity contribution in [3.63, 3.8) is 0 Å². The van der Waals surface area contributed by atoms with E-state index in [-0.39, 0.29) is 5.91 Å². The Morgan fingerprint density at radius 2 is 1.71 bits per heavy atom. The molecule has 6 nitrogen and oxygen atoms in total. The zero-order valence-electron chi connectivity index (χ0n) is 12.9. The molecule has 0 radical (unpaired) electrons. The van der Waals surface area contributed by atoms with Crippen molar-refractivity contribution in [2.24, 2.45) is 5.73 Å². The smallest absolute Gasteiger partial charge is 0.220 e. The predicted octanol–water partition coefficient (Wildman–Crippen LogP) is 1.46. The summed E-state index contributed by atoms with van der Waals surface area (Å²) in [5.74, 6) is 1.70. The minimum Gasteiger partial charge on any atom is -0.493 e. The number of carbonyl (C=O) groups excluding carboxylic acids is 1. The number of nitrogens with one attached hydrogen (secondary N) is 1. The second kappa shape index (κ2) is 9.07. The van der Waals surface area contributed by atoms with E-state index in [9.17, 15) is 4.79 Å². The van der Waals surface area contributed by atoms with Gasteiger partial charge in [0.2, 0.25) is 11.7 Å². The zero-order chi connectivity index (χ0) is 15.7. The highest BCUT2D eigenvalue weighted by atomic mass is 16.5. The van der Waals surface area contributed by atoms with Gasteiger partial charge in [0.1, 0.15) is 0 Å². The first-order valence-electron chi connectivity index (χ1n) is 6.91. The van der Waals surface area contributed by atoms with Crippen LogP contribution >= 0.6 is 0 Å². The molecular weight excluding hydrogens is 272 g/mol. The van der Waals surface area contributed by atoms with Gasteiger partial charge in [0.15, 0.2) is 11.5 Å². The Morgan fingerprint density at radius 1 is 1.10 bits per heavy atom. The van der Waals surface area contributed by atoms with Crippen LogP contribution in [0.4, 0.5) is 0 Å². The Bertz CT molecular complexity index is 438. The van der Waals surface area contributed by atoms with E-state index in [1.165, 1.54) is 0 Å². The Labute approximate surface area is 125 Å². The molecule has 0 aliphatic carbocycles. The van der Waals surface area contributed by atoms with E-state index >= 15 is 0 Å². The highest BCUT2D eigenvalue weighted by Gasteiger charge is 2.13. The van der Waals surface area contributed by atoms with Crippen molar-refractivity contribution >= 4 is 5.91 Å².